The zero-order valence-corrected chi connectivity index (χ0v) is 15.1. The Morgan fingerprint density at radius 1 is 1.28 bits per heavy atom. The van der Waals surface area contributed by atoms with Gasteiger partial charge >= 0.3 is 5.97 Å². The van der Waals surface area contributed by atoms with Gasteiger partial charge in [0, 0.05) is 24.7 Å². The van der Waals surface area contributed by atoms with Gasteiger partial charge in [-0.05, 0) is 25.7 Å². The number of carbonyl (C=O) groups is 2. The molecule has 4 atom stereocenters. The maximum atomic E-state index is 12.1. The van der Waals surface area contributed by atoms with E-state index in [4.69, 9.17) is 5.11 Å². The Kier molecular flexibility index (Phi) is 10.3. The van der Waals surface area contributed by atoms with E-state index in [9.17, 15) is 19.8 Å². The zero-order valence-electron chi connectivity index (χ0n) is 15.1. The minimum atomic E-state index is -0.801. The molecule has 1 rings (SSSR count). The monoisotopic (exact) mass is 352 g/mol. The van der Waals surface area contributed by atoms with E-state index in [0.717, 1.165) is 19.3 Å². The number of rotatable bonds is 12. The summed E-state index contributed by atoms with van der Waals surface area (Å²) in [6.45, 7) is 2.11. The van der Waals surface area contributed by atoms with Crippen LogP contribution in [0, 0.1) is 11.8 Å². The van der Waals surface area contributed by atoms with E-state index in [2.05, 4.69) is 6.92 Å². The number of carboxylic acids is 1. The lowest BCUT2D eigenvalue weighted by Gasteiger charge is -2.16. The van der Waals surface area contributed by atoms with Crippen LogP contribution in [0.5, 0.6) is 0 Å². The van der Waals surface area contributed by atoms with E-state index in [1.807, 2.05) is 12.2 Å². The van der Waals surface area contributed by atoms with E-state index >= 15 is 0 Å². The third kappa shape index (κ3) is 8.45. The Hall–Kier alpha value is -1.46. The first kappa shape index (κ1) is 21.6. The normalized spacial score (nSPS) is 25.2. The molecule has 1 saturated carbocycles. The number of Topliss-reactive ketones (excluding diaryl/α,β-unsaturated/α-hetero) is 1. The fourth-order valence-corrected chi connectivity index (χ4v) is 3.22. The number of hydrogen-bond acceptors (Lipinski definition) is 4. The van der Waals surface area contributed by atoms with Crippen molar-refractivity contribution < 1.29 is 24.9 Å². The van der Waals surface area contributed by atoms with Gasteiger partial charge in [-0.15, -0.1) is 0 Å². The summed E-state index contributed by atoms with van der Waals surface area (Å²) in [6, 6.07) is 0. The van der Waals surface area contributed by atoms with E-state index in [0.29, 0.717) is 25.7 Å². The molecule has 1 aliphatic rings. The topological polar surface area (TPSA) is 94.8 Å². The fraction of sp³-hybridized carbons (Fsp3) is 0.700. The van der Waals surface area contributed by atoms with Gasteiger partial charge in [0.1, 0.15) is 5.78 Å². The van der Waals surface area contributed by atoms with Crippen molar-refractivity contribution in [1.29, 1.82) is 0 Å². The second-order valence-corrected chi connectivity index (χ2v) is 6.86. The molecule has 5 nitrogen and oxygen atoms in total. The summed E-state index contributed by atoms with van der Waals surface area (Å²) >= 11 is 0. The second kappa shape index (κ2) is 12.0. The molecule has 1 fully saturated rings. The number of ketones is 1. The molecule has 0 aliphatic heterocycles. The summed E-state index contributed by atoms with van der Waals surface area (Å²) in [5.41, 5.74) is 0. The molecular weight excluding hydrogens is 320 g/mol. The molecule has 0 amide bonds. The lowest BCUT2D eigenvalue weighted by Crippen LogP contribution is -2.18. The molecular formula is C20H32O5. The first-order valence-corrected chi connectivity index (χ1v) is 9.39. The van der Waals surface area contributed by atoms with Gasteiger partial charge in [-0.2, -0.15) is 0 Å². The second-order valence-electron chi connectivity index (χ2n) is 6.86. The Labute approximate surface area is 150 Å². The molecule has 142 valence electrons. The molecule has 0 unspecified atom stereocenters. The van der Waals surface area contributed by atoms with Gasteiger partial charge in [-0.25, -0.2) is 0 Å². The number of hydrogen-bond donors (Lipinski definition) is 3. The summed E-state index contributed by atoms with van der Waals surface area (Å²) in [5.74, 6) is -1.26. The van der Waals surface area contributed by atoms with Crippen LogP contribution >= 0.6 is 0 Å². The van der Waals surface area contributed by atoms with Crippen molar-refractivity contribution in [2.75, 3.05) is 0 Å². The molecule has 3 N–H and O–H groups in total. The Morgan fingerprint density at radius 3 is 2.72 bits per heavy atom. The summed E-state index contributed by atoms with van der Waals surface area (Å²) in [5, 5.41) is 28.7. The Bertz CT molecular complexity index is 469. The van der Waals surface area contributed by atoms with Crippen molar-refractivity contribution in [2.45, 2.75) is 76.9 Å². The molecule has 25 heavy (non-hydrogen) atoms. The predicted molar refractivity (Wildman–Crippen MR) is 97.1 cm³/mol. The van der Waals surface area contributed by atoms with Crippen molar-refractivity contribution in [3.63, 3.8) is 0 Å². The molecule has 0 saturated heterocycles. The molecule has 1 aliphatic carbocycles. The van der Waals surface area contributed by atoms with Crippen LogP contribution in [0.2, 0.25) is 0 Å². The fourth-order valence-electron chi connectivity index (χ4n) is 3.22. The largest absolute Gasteiger partial charge is 0.481 e. The van der Waals surface area contributed by atoms with E-state index < -0.39 is 18.2 Å². The van der Waals surface area contributed by atoms with Crippen molar-refractivity contribution in [3.05, 3.63) is 24.3 Å². The minimum Gasteiger partial charge on any atom is -0.481 e. The van der Waals surface area contributed by atoms with Crippen molar-refractivity contribution >= 4 is 11.8 Å². The van der Waals surface area contributed by atoms with Crippen molar-refractivity contribution in [3.8, 4) is 0 Å². The molecule has 0 bridgehead atoms. The number of carboxylic acid groups (broad SMARTS) is 1. The highest BCUT2D eigenvalue weighted by molar-refractivity contribution is 5.84. The molecule has 5 heteroatoms. The van der Waals surface area contributed by atoms with Crippen LogP contribution < -0.4 is 0 Å². The van der Waals surface area contributed by atoms with Gasteiger partial charge in [0.15, 0.2) is 0 Å². The first-order chi connectivity index (χ1) is 12.0. The summed E-state index contributed by atoms with van der Waals surface area (Å²) < 4.78 is 0. The predicted octanol–water partition coefficient (Wildman–Crippen LogP) is 3.25. The van der Waals surface area contributed by atoms with Crippen LogP contribution in [0.4, 0.5) is 0 Å². The van der Waals surface area contributed by atoms with E-state index in [1.54, 1.807) is 12.2 Å². The summed E-state index contributed by atoms with van der Waals surface area (Å²) in [6.07, 6.45) is 12.1. The van der Waals surface area contributed by atoms with Gasteiger partial charge in [-0.1, -0.05) is 50.5 Å². The van der Waals surface area contributed by atoms with Crippen LogP contribution in [0.15, 0.2) is 24.3 Å². The zero-order chi connectivity index (χ0) is 18.7. The molecule has 0 spiro atoms. The van der Waals surface area contributed by atoms with Crippen LogP contribution in [0.1, 0.15) is 64.7 Å². The quantitative estimate of drug-likeness (QED) is 0.370. The third-order valence-corrected chi connectivity index (χ3v) is 4.71. The highest BCUT2D eigenvalue weighted by Crippen LogP contribution is 2.33. The van der Waals surface area contributed by atoms with E-state index in [1.165, 1.54) is 0 Å². The maximum Gasteiger partial charge on any atom is 0.303 e. The van der Waals surface area contributed by atoms with E-state index in [-0.39, 0.29) is 30.5 Å². The van der Waals surface area contributed by atoms with Crippen molar-refractivity contribution in [2.24, 2.45) is 11.8 Å². The molecule has 0 aromatic carbocycles. The maximum absolute atomic E-state index is 12.1. The third-order valence-electron chi connectivity index (χ3n) is 4.71. The van der Waals surface area contributed by atoms with Crippen LogP contribution in [0.3, 0.4) is 0 Å². The highest BCUT2D eigenvalue weighted by atomic mass is 16.4. The van der Waals surface area contributed by atoms with Gasteiger partial charge in [-0.3, -0.25) is 9.59 Å². The number of carbonyl (C=O) groups excluding carboxylic acids is 1. The summed E-state index contributed by atoms with van der Waals surface area (Å²) in [7, 11) is 0. The van der Waals surface area contributed by atoms with Gasteiger partial charge in [0.25, 0.3) is 0 Å². The lowest BCUT2D eigenvalue weighted by molar-refractivity contribution is -0.137. The van der Waals surface area contributed by atoms with Gasteiger partial charge in [0.2, 0.25) is 0 Å². The Morgan fingerprint density at radius 2 is 2.04 bits per heavy atom. The minimum absolute atomic E-state index is 0.0535. The SMILES string of the molecule is CCCCC[C@H](O)/C=C/[C@H]1[C@H](C/C=C\CCCC(=O)O)C(=O)C[C@@H]1O. The molecule has 0 radical (unpaired) electrons. The number of aliphatic hydroxyl groups excluding tert-OH is 2. The van der Waals surface area contributed by atoms with Gasteiger partial charge in [0.05, 0.1) is 12.2 Å². The number of aliphatic carboxylic acids is 1. The summed E-state index contributed by atoms with van der Waals surface area (Å²) in [4.78, 5) is 22.5. The number of unbranched alkanes of at least 4 members (excludes halogenated alkanes) is 3. The average Bonchev–Trinajstić information content (AvgIpc) is 2.82. The van der Waals surface area contributed by atoms with Crippen LogP contribution in [0.25, 0.3) is 0 Å². The Balaban J connectivity index is 2.48. The van der Waals surface area contributed by atoms with Crippen LogP contribution in [-0.4, -0.2) is 39.3 Å². The molecule has 0 aromatic heterocycles. The smallest absolute Gasteiger partial charge is 0.303 e. The highest BCUT2D eigenvalue weighted by Gasteiger charge is 2.39. The van der Waals surface area contributed by atoms with Crippen molar-refractivity contribution in [1.82, 2.24) is 0 Å². The number of aliphatic hydroxyl groups is 2. The average molecular weight is 352 g/mol. The lowest BCUT2D eigenvalue weighted by atomic mass is 9.90. The standard InChI is InChI=1S/C20H32O5/c1-2-3-6-9-15(21)12-13-17-16(18(22)14-19(17)23)10-7-4-5-8-11-20(24)25/h4,7,12-13,15-17,19,21,23H,2-3,5-6,8-11,14H2,1H3,(H,24,25)/b7-4-,13-12+/t15-,16-,17-,19-/m0/s1. The van der Waals surface area contributed by atoms with Gasteiger partial charge < -0.3 is 15.3 Å². The number of allylic oxidation sites excluding steroid dienone is 2. The molecule has 0 heterocycles. The first-order valence-electron chi connectivity index (χ1n) is 9.39. The van der Waals surface area contributed by atoms with Crippen LogP contribution in [-0.2, 0) is 9.59 Å². The molecule has 0 aromatic rings.